The van der Waals surface area contributed by atoms with Crippen LogP contribution in [0.25, 0.3) is 16.9 Å². The number of aryl methyl sites for hydroxylation is 1. The maximum Gasteiger partial charge on any atom is 0.177 e. The molecule has 0 saturated carbocycles. The number of fused-ring (bicyclic) bond motifs is 1. The molecule has 1 aromatic carbocycles. The summed E-state index contributed by atoms with van der Waals surface area (Å²) in [6, 6.07) is 13.8. The van der Waals surface area contributed by atoms with Crippen molar-refractivity contribution in [1.82, 2.24) is 29.8 Å². The summed E-state index contributed by atoms with van der Waals surface area (Å²) < 4.78 is 1.74. The fourth-order valence-corrected chi connectivity index (χ4v) is 2.58. The first kappa shape index (κ1) is 15.9. The van der Waals surface area contributed by atoms with Crippen molar-refractivity contribution in [2.75, 3.05) is 24.3 Å². The predicted octanol–water partition coefficient (Wildman–Crippen LogP) is 2.70. The minimum Gasteiger partial charge on any atom is -0.363 e. The zero-order valence-electron chi connectivity index (χ0n) is 14.7. The van der Waals surface area contributed by atoms with E-state index in [1.54, 1.807) is 10.8 Å². The van der Waals surface area contributed by atoms with Crippen LogP contribution in [-0.2, 0) is 0 Å². The fourth-order valence-electron chi connectivity index (χ4n) is 2.58. The third-order valence-electron chi connectivity index (χ3n) is 3.98. The van der Waals surface area contributed by atoms with Gasteiger partial charge in [-0.3, -0.25) is 0 Å². The molecule has 0 atom stereocenters. The molecule has 1 N–H and O–H groups in total. The molecule has 0 spiro atoms. The van der Waals surface area contributed by atoms with Gasteiger partial charge < -0.3 is 10.2 Å². The van der Waals surface area contributed by atoms with E-state index in [9.17, 15) is 0 Å². The van der Waals surface area contributed by atoms with E-state index < -0.39 is 0 Å². The summed E-state index contributed by atoms with van der Waals surface area (Å²) in [5.74, 6) is 2.36. The molecule has 8 heteroatoms. The molecular weight excluding hydrogens is 328 g/mol. The molecule has 8 nitrogen and oxygen atoms in total. The Bertz CT molecular complexity index is 1050. The van der Waals surface area contributed by atoms with E-state index in [1.165, 1.54) is 0 Å². The highest BCUT2D eigenvalue weighted by atomic mass is 15.4. The largest absolute Gasteiger partial charge is 0.363 e. The van der Waals surface area contributed by atoms with E-state index in [0.717, 1.165) is 40.1 Å². The molecule has 0 aliphatic rings. The van der Waals surface area contributed by atoms with Gasteiger partial charge in [0, 0.05) is 31.4 Å². The normalized spacial score (nSPS) is 10.9. The summed E-state index contributed by atoms with van der Waals surface area (Å²) in [7, 11) is 3.89. The van der Waals surface area contributed by atoms with Crippen LogP contribution in [0.1, 0.15) is 5.82 Å². The van der Waals surface area contributed by atoms with Crippen molar-refractivity contribution < 1.29 is 0 Å². The van der Waals surface area contributed by atoms with Gasteiger partial charge in [0.1, 0.15) is 18.0 Å². The lowest BCUT2D eigenvalue weighted by molar-refractivity contribution is 0.880. The van der Waals surface area contributed by atoms with Gasteiger partial charge in [-0.05, 0) is 31.2 Å². The highest BCUT2D eigenvalue weighted by molar-refractivity contribution is 5.66. The topological polar surface area (TPSA) is 84.1 Å². The molecule has 0 saturated heterocycles. The Hall–Kier alpha value is -3.55. The first-order valence-electron chi connectivity index (χ1n) is 8.16. The minimum absolute atomic E-state index is 0.741. The van der Waals surface area contributed by atoms with Crippen molar-refractivity contribution in [3.05, 3.63) is 54.6 Å². The Kier molecular flexibility index (Phi) is 3.92. The van der Waals surface area contributed by atoms with E-state index in [1.807, 2.05) is 68.4 Å². The van der Waals surface area contributed by atoms with Crippen LogP contribution < -0.4 is 10.2 Å². The van der Waals surface area contributed by atoms with Gasteiger partial charge in [0.05, 0.1) is 5.69 Å². The van der Waals surface area contributed by atoms with Gasteiger partial charge in [0.2, 0.25) is 0 Å². The van der Waals surface area contributed by atoms with Gasteiger partial charge in [-0.15, -0.1) is 10.2 Å². The Morgan fingerprint density at radius 3 is 2.54 bits per heavy atom. The van der Waals surface area contributed by atoms with Crippen LogP contribution in [0.5, 0.6) is 0 Å². The van der Waals surface area contributed by atoms with Crippen molar-refractivity contribution in [3.8, 4) is 11.3 Å². The number of hydrogen-bond donors (Lipinski definition) is 1. The smallest absolute Gasteiger partial charge is 0.177 e. The Balaban J connectivity index is 1.58. The van der Waals surface area contributed by atoms with Gasteiger partial charge in [0.15, 0.2) is 11.5 Å². The number of anilines is 3. The van der Waals surface area contributed by atoms with Gasteiger partial charge in [0.25, 0.3) is 0 Å². The summed E-state index contributed by atoms with van der Waals surface area (Å²) in [6.07, 6.45) is 1.55. The molecule has 0 radical (unpaired) electrons. The molecule has 0 aliphatic carbocycles. The SMILES string of the molecule is Cc1nnc2ccc(-c3ccc(Nc4cc(N(C)C)ncn4)cc3)nn12. The molecule has 0 fully saturated rings. The Morgan fingerprint density at radius 2 is 1.77 bits per heavy atom. The van der Waals surface area contributed by atoms with Crippen molar-refractivity contribution in [1.29, 1.82) is 0 Å². The molecule has 0 amide bonds. The fraction of sp³-hybridized carbons (Fsp3) is 0.167. The lowest BCUT2D eigenvalue weighted by Crippen LogP contribution is -2.11. The molecule has 0 aliphatic heterocycles. The average molecular weight is 346 g/mol. The molecule has 4 rings (SSSR count). The third-order valence-corrected chi connectivity index (χ3v) is 3.98. The van der Waals surface area contributed by atoms with Crippen LogP contribution >= 0.6 is 0 Å². The zero-order chi connectivity index (χ0) is 18.1. The molecule has 26 heavy (non-hydrogen) atoms. The molecule has 3 heterocycles. The third kappa shape index (κ3) is 3.04. The van der Waals surface area contributed by atoms with Crippen LogP contribution in [0.2, 0.25) is 0 Å². The first-order chi connectivity index (χ1) is 12.6. The van der Waals surface area contributed by atoms with Crippen molar-refractivity contribution in [3.63, 3.8) is 0 Å². The summed E-state index contributed by atoms with van der Waals surface area (Å²) in [4.78, 5) is 10.4. The first-order valence-corrected chi connectivity index (χ1v) is 8.16. The highest BCUT2D eigenvalue weighted by Gasteiger charge is 2.06. The van der Waals surface area contributed by atoms with E-state index in [2.05, 4.69) is 30.6 Å². The Labute approximate surface area is 150 Å². The monoisotopic (exact) mass is 346 g/mol. The summed E-state index contributed by atoms with van der Waals surface area (Å²) in [6.45, 7) is 1.88. The molecule has 4 aromatic rings. The molecular formula is C18H18N8. The highest BCUT2D eigenvalue weighted by Crippen LogP contribution is 2.22. The van der Waals surface area contributed by atoms with Crippen LogP contribution in [0.4, 0.5) is 17.3 Å². The molecule has 3 aromatic heterocycles. The average Bonchev–Trinajstić information content (AvgIpc) is 3.03. The van der Waals surface area contributed by atoms with Gasteiger partial charge >= 0.3 is 0 Å². The predicted molar refractivity (Wildman–Crippen MR) is 101 cm³/mol. The number of rotatable bonds is 4. The number of nitrogens with one attached hydrogen (secondary N) is 1. The number of aromatic nitrogens is 6. The van der Waals surface area contributed by atoms with E-state index in [0.29, 0.717) is 0 Å². The van der Waals surface area contributed by atoms with E-state index in [-0.39, 0.29) is 0 Å². The maximum absolute atomic E-state index is 4.59. The number of nitrogens with zero attached hydrogens (tertiary/aromatic N) is 7. The van der Waals surface area contributed by atoms with Gasteiger partial charge in [-0.2, -0.15) is 9.61 Å². The second-order valence-corrected chi connectivity index (χ2v) is 6.09. The second kappa shape index (κ2) is 6.40. The standard InChI is InChI=1S/C18H18N8/c1-12-22-23-17-9-8-15(24-26(12)17)13-4-6-14(7-5-13)21-16-10-18(25(2)3)20-11-19-16/h4-11H,1-3H3,(H,19,20,21). The number of benzene rings is 1. The van der Waals surface area contributed by atoms with Crippen LogP contribution in [0.3, 0.4) is 0 Å². The van der Waals surface area contributed by atoms with Crippen LogP contribution in [0, 0.1) is 6.92 Å². The van der Waals surface area contributed by atoms with Crippen molar-refractivity contribution in [2.24, 2.45) is 0 Å². The van der Waals surface area contributed by atoms with Gasteiger partial charge in [-0.1, -0.05) is 12.1 Å². The maximum atomic E-state index is 4.59. The molecule has 0 bridgehead atoms. The van der Waals surface area contributed by atoms with Crippen LogP contribution in [0.15, 0.2) is 48.8 Å². The van der Waals surface area contributed by atoms with Crippen LogP contribution in [-0.4, -0.2) is 43.9 Å². The zero-order valence-corrected chi connectivity index (χ0v) is 14.7. The van der Waals surface area contributed by atoms with E-state index in [4.69, 9.17) is 0 Å². The Morgan fingerprint density at radius 1 is 0.962 bits per heavy atom. The number of hydrogen-bond acceptors (Lipinski definition) is 7. The second-order valence-electron chi connectivity index (χ2n) is 6.09. The summed E-state index contributed by atoms with van der Waals surface area (Å²) in [5, 5.41) is 16.0. The van der Waals surface area contributed by atoms with Crippen molar-refractivity contribution in [2.45, 2.75) is 6.92 Å². The summed E-state index contributed by atoms with van der Waals surface area (Å²) >= 11 is 0. The minimum atomic E-state index is 0.741. The van der Waals surface area contributed by atoms with Crippen molar-refractivity contribution >= 4 is 23.0 Å². The van der Waals surface area contributed by atoms with E-state index >= 15 is 0 Å². The van der Waals surface area contributed by atoms with Gasteiger partial charge in [-0.25, -0.2) is 9.97 Å². The lowest BCUT2D eigenvalue weighted by Gasteiger charge is -2.12. The quantitative estimate of drug-likeness (QED) is 0.608. The molecule has 0 unspecified atom stereocenters. The summed E-state index contributed by atoms with van der Waals surface area (Å²) in [5.41, 5.74) is 3.56. The molecule has 130 valence electrons. The lowest BCUT2D eigenvalue weighted by atomic mass is 10.1.